The molecule has 182 valence electrons. The molecular formula is C24H35N3O6. The van der Waals surface area contributed by atoms with Crippen LogP contribution in [-0.4, -0.2) is 68.3 Å². The van der Waals surface area contributed by atoms with Crippen LogP contribution in [0.3, 0.4) is 0 Å². The predicted octanol–water partition coefficient (Wildman–Crippen LogP) is 0.442. The van der Waals surface area contributed by atoms with Crippen molar-refractivity contribution >= 4 is 17.7 Å². The Bertz CT molecular complexity index is 858. The van der Waals surface area contributed by atoms with Crippen LogP contribution in [0.15, 0.2) is 24.3 Å². The van der Waals surface area contributed by atoms with Crippen molar-refractivity contribution in [2.24, 2.45) is 17.6 Å². The number of carbonyl (C=O) groups excluding carboxylic acids is 3. The highest BCUT2D eigenvalue weighted by molar-refractivity contribution is 5.93. The van der Waals surface area contributed by atoms with E-state index < -0.39 is 42.0 Å². The van der Waals surface area contributed by atoms with E-state index in [0.717, 1.165) is 0 Å². The summed E-state index contributed by atoms with van der Waals surface area (Å²) >= 11 is 0. The molecule has 1 aromatic carbocycles. The number of phenolic OH excluding ortho intramolecular Hbond substituents is 1. The zero-order valence-corrected chi connectivity index (χ0v) is 19.2. The fourth-order valence-electron chi connectivity index (χ4n) is 5.09. The zero-order valence-electron chi connectivity index (χ0n) is 19.2. The lowest BCUT2D eigenvalue weighted by Gasteiger charge is -2.37. The van der Waals surface area contributed by atoms with E-state index in [1.807, 2.05) is 13.8 Å². The number of phenols is 1. The molecule has 6 N–H and O–H groups in total. The summed E-state index contributed by atoms with van der Waals surface area (Å²) in [4.78, 5) is 40.0. The van der Waals surface area contributed by atoms with Crippen LogP contribution in [0.4, 0.5) is 0 Å². The highest BCUT2D eigenvalue weighted by Crippen LogP contribution is 2.40. The van der Waals surface area contributed by atoms with Crippen LogP contribution in [0.1, 0.15) is 51.5 Å². The molecular weight excluding hydrogens is 426 g/mol. The summed E-state index contributed by atoms with van der Waals surface area (Å²) in [7, 11) is 0. The normalized spacial score (nSPS) is 26.5. The number of hydrogen-bond donors (Lipinski definition) is 5. The van der Waals surface area contributed by atoms with Gasteiger partial charge in [-0.25, -0.2) is 0 Å². The van der Waals surface area contributed by atoms with Gasteiger partial charge in [0.15, 0.2) is 0 Å². The first-order valence-electron chi connectivity index (χ1n) is 11.6. The van der Waals surface area contributed by atoms with E-state index in [1.165, 1.54) is 17.0 Å². The summed E-state index contributed by atoms with van der Waals surface area (Å²) in [6, 6.07) is 4.16. The lowest BCUT2D eigenvalue weighted by Crippen LogP contribution is -2.57. The van der Waals surface area contributed by atoms with Gasteiger partial charge in [-0.1, -0.05) is 26.0 Å². The third-order valence-corrected chi connectivity index (χ3v) is 6.72. The van der Waals surface area contributed by atoms with Crippen LogP contribution in [0.25, 0.3) is 0 Å². The smallest absolute Gasteiger partial charge is 0.249 e. The Morgan fingerprint density at radius 3 is 2.42 bits per heavy atom. The van der Waals surface area contributed by atoms with Crippen molar-refractivity contribution < 1.29 is 29.7 Å². The Morgan fingerprint density at radius 2 is 1.82 bits per heavy atom. The minimum absolute atomic E-state index is 0.0270. The van der Waals surface area contributed by atoms with E-state index in [1.54, 1.807) is 12.1 Å². The van der Waals surface area contributed by atoms with Gasteiger partial charge in [0.2, 0.25) is 17.7 Å². The van der Waals surface area contributed by atoms with Gasteiger partial charge in [0.05, 0.1) is 6.10 Å². The summed E-state index contributed by atoms with van der Waals surface area (Å²) < 4.78 is 0. The van der Waals surface area contributed by atoms with Crippen LogP contribution in [0.5, 0.6) is 5.75 Å². The van der Waals surface area contributed by atoms with Crippen molar-refractivity contribution in [2.45, 2.75) is 82.7 Å². The lowest BCUT2D eigenvalue weighted by atomic mass is 9.83. The quantitative estimate of drug-likeness (QED) is 0.379. The van der Waals surface area contributed by atoms with Gasteiger partial charge in [0, 0.05) is 12.5 Å². The highest BCUT2D eigenvalue weighted by Gasteiger charge is 2.49. The average molecular weight is 462 g/mol. The van der Waals surface area contributed by atoms with Crippen molar-refractivity contribution in [1.82, 2.24) is 10.2 Å². The van der Waals surface area contributed by atoms with Gasteiger partial charge < -0.3 is 31.3 Å². The minimum Gasteiger partial charge on any atom is -0.508 e. The van der Waals surface area contributed by atoms with E-state index in [0.29, 0.717) is 37.7 Å². The lowest BCUT2D eigenvalue weighted by molar-refractivity contribution is -0.145. The summed E-state index contributed by atoms with van der Waals surface area (Å²) in [5, 5.41) is 32.7. The molecule has 9 heteroatoms. The first-order chi connectivity index (χ1) is 15.6. The van der Waals surface area contributed by atoms with Crippen molar-refractivity contribution in [1.29, 1.82) is 0 Å². The standard InChI is InChI=1S/C24H35N3O6/c1-13(2)9-18(26-23(32)21(30)10-14-3-6-16(28)7-4-14)24(33)27-19-12-17(29)8-5-15(19)11-20(27)22(25)31/h3-4,6-7,13,15,17-21,28-30H,5,8-12H2,1-2H3,(H2,25,31)(H,26,32)/t15-,17-,18-,19-,20-,21+/m1/s1. The second kappa shape index (κ2) is 10.5. The molecule has 1 heterocycles. The number of hydrogen-bond acceptors (Lipinski definition) is 6. The maximum atomic E-state index is 13.6. The van der Waals surface area contributed by atoms with Crippen molar-refractivity contribution in [3.8, 4) is 5.75 Å². The number of nitrogens with two attached hydrogens (primary N) is 1. The summed E-state index contributed by atoms with van der Waals surface area (Å²) in [6.07, 6.45) is 0.620. The fourth-order valence-corrected chi connectivity index (χ4v) is 5.09. The first-order valence-corrected chi connectivity index (χ1v) is 11.6. The zero-order chi connectivity index (χ0) is 24.3. The second-order valence-corrected chi connectivity index (χ2v) is 9.77. The molecule has 0 bridgehead atoms. The number of aliphatic hydroxyl groups excluding tert-OH is 2. The Morgan fingerprint density at radius 1 is 1.15 bits per heavy atom. The number of nitrogens with one attached hydrogen (secondary N) is 1. The van der Waals surface area contributed by atoms with Crippen molar-refractivity contribution in [2.75, 3.05) is 0 Å². The van der Waals surface area contributed by atoms with Crippen LogP contribution in [0, 0.1) is 11.8 Å². The van der Waals surface area contributed by atoms with Crippen LogP contribution in [-0.2, 0) is 20.8 Å². The molecule has 2 fully saturated rings. The molecule has 1 saturated carbocycles. The molecule has 9 nitrogen and oxygen atoms in total. The van der Waals surface area contributed by atoms with E-state index in [2.05, 4.69) is 5.32 Å². The largest absolute Gasteiger partial charge is 0.508 e. The van der Waals surface area contributed by atoms with Crippen LogP contribution in [0.2, 0.25) is 0 Å². The first kappa shape index (κ1) is 25.0. The molecule has 1 aliphatic heterocycles. The Kier molecular flexibility index (Phi) is 7.97. The van der Waals surface area contributed by atoms with E-state index >= 15 is 0 Å². The van der Waals surface area contributed by atoms with E-state index in [4.69, 9.17) is 5.73 Å². The van der Waals surface area contributed by atoms with Crippen molar-refractivity contribution in [3.05, 3.63) is 29.8 Å². The molecule has 1 saturated heterocycles. The molecule has 0 spiro atoms. The Labute approximate surface area is 194 Å². The summed E-state index contributed by atoms with van der Waals surface area (Å²) in [6.45, 7) is 3.84. The van der Waals surface area contributed by atoms with Gasteiger partial charge in [-0.2, -0.15) is 0 Å². The number of nitrogens with zero attached hydrogens (tertiary/aromatic N) is 1. The van der Waals surface area contributed by atoms with Gasteiger partial charge >= 0.3 is 0 Å². The average Bonchev–Trinajstić information content (AvgIpc) is 3.12. The molecule has 2 aliphatic rings. The number of primary amides is 1. The number of carbonyl (C=O) groups is 3. The highest BCUT2D eigenvalue weighted by atomic mass is 16.3. The molecule has 6 atom stereocenters. The third-order valence-electron chi connectivity index (χ3n) is 6.72. The van der Waals surface area contributed by atoms with Gasteiger partial charge in [0.1, 0.15) is 23.9 Å². The minimum atomic E-state index is -1.38. The number of amides is 3. The van der Waals surface area contributed by atoms with Gasteiger partial charge in [-0.3, -0.25) is 14.4 Å². The summed E-state index contributed by atoms with van der Waals surface area (Å²) in [5.74, 6) is -1.44. The topological polar surface area (TPSA) is 153 Å². The van der Waals surface area contributed by atoms with Gasteiger partial charge in [0.25, 0.3) is 0 Å². The van der Waals surface area contributed by atoms with Crippen LogP contribution < -0.4 is 11.1 Å². The predicted molar refractivity (Wildman–Crippen MR) is 121 cm³/mol. The number of benzene rings is 1. The number of rotatable bonds is 8. The molecule has 33 heavy (non-hydrogen) atoms. The van der Waals surface area contributed by atoms with Crippen LogP contribution >= 0.6 is 0 Å². The fraction of sp³-hybridized carbons (Fsp3) is 0.625. The molecule has 0 aromatic heterocycles. The number of fused-ring (bicyclic) bond motifs is 1. The maximum absolute atomic E-state index is 13.6. The number of likely N-dealkylation sites (tertiary alicyclic amines) is 1. The number of aromatic hydroxyl groups is 1. The Hall–Kier alpha value is -2.65. The molecule has 1 aliphatic carbocycles. The monoisotopic (exact) mass is 461 g/mol. The number of aliphatic hydroxyl groups is 2. The third kappa shape index (κ3) is 6.03. The molecule has 3 rings (SSSR count). The molecule has 3 amide bonds. The molecule has 0 radical (unpaired) electrons. The van der Waals surface area contributed by atoms with Crippen molar-refractivity contribution in [3.63, 3.8) is 0 Å². The maximum Gasteiger partial charge on any atom is 0.249 e. The van der Waals surface area contributed by atoms with E-state index in [-0.39, 0.29) is 30.0 Å². The van der Waals surface area contributed by atoms with E-state index in [9.17, 15) is 29.7 Å². The van der Waals surface area contributed by atoms with Gasteiger partial charge in [-0.15, -0.1) is 0 Å². The van der Waals surface area contributed by atoms with Gasteiger partial charge in [-0.05, 0) is 61.6 Å². The SMILES string of the molecule is CC(C)C[C@@H](NC(=O)[C@@H](O)Cc1ccc(O)cc1)C(=O)N1[C@@H](C(N)=O)C[C@H]2CC[C@@H](O)C[C@H]21. The second-order valence-electron chi connectivity index (χ2n) is 9.77. The molecule has 0 unspecified atom stereocenters. The Balaban J connectivity index is 1.76. The molecule has 1 aromatic rings. The summed E-state index contributed by atoms with van der Waals surface area (Å²) in [5.41, 5.74) is 6.28.